The summed E-state index contributed by atoms with van der Waals surface area (Å²) < 4.78 is 0. The Balaban J connectivity index is 1.25. The van der Waals surface area contributed by atoms with E-state index in [2.05, 4.69) is 188 Å². The fourth-order valence-corrected chi connectivity index (χ4v) is 10.2. The molecule has 9 aromatic carbocycles. The van der Waals surface area contributed by atoms with E-state index in [-0.39, 0.29) is 0 Å². The number of benzene rings is 9. The summed E-state index contributed by atoms with van der Waals surface area (Å²) in [5.74, 6) is 1.81. The maximum atomic E-state index is 5.63. The third kappa shape index (κ3) is 5.24. The lowest BCUT2D eigenvalue weighted by atomic mass is 9.93. The summed E-state index contributed by atoms with van der Waals surface area (Å²) in [4.78, 5) is 35.0. The molecule has 14 rings (SSSR count). The minimum absolute atomic E-state index is 0.587. The second-order valence-electron chi connectivity index (χ2n) is 17.3. The van der Waals surface area contributed by atoms with Crippen molar-refractivity contribution in [3.05, 3.63) is 175 Å². The monoisotopic (exact) mass is 817 g/mol. The van der Waals surface area contributed by atoms with E-state index in [1.807, 2.05) is 0 Å². The minimum Gasteiger partial charge on any atom is -0.339 e. The second kappa shape index (κ2) is 13.0. The number of aromatic nitrogens is 7. The Kier molecular flexibility index (Phi) is 7.12. The molecule has 2 aliphatic rings. The van der Waals surface area contributed by atoms with Crippen molar-refractivity contribution in [2.24, 2.45) is 0 Å². The zero-order chi connectivity index (χ0) is 42.2. The smallest absolute Gasteiger partial charge is 0.164 e. The van der Waals surface area contributed by atoms with E-state index < -0.39 is 0 Å². The summed E-state index contributed by atoms with van der Waals surface area (Å²) in [6, 6.07) is 58.5. The Morgan fingerprint density at radius 1 is 0.328 bits per heavy atom. The second-order valence-corrected chi connectivity index (χ2v) is 17.3. The fraction of sp³-hybridized carbons (Fsp3) is 0.0351. The average molecular weight is 818 g/mol. The van der Waals surface area contributed by atoms with Crippen LogP contribution in [-0.4, -0.2) is 34.9 Å². The molecule has 0 spiro atoms. The van der Waals surface area contributed by atoms with Gasteiger partial charge in [0, 0.05) is 49.4 Å². The van der Waals surface area contributed by atoms with Crippen LogP contribution in [0, 0.1) is 13.8 Å². The predicted molar refractivity (Wildman–Crippen MR) is 263 cm³/mol. The lowest BCUT2D eigenvalue weighted by Gasteiger charge is -2.11. The zero-order valence-corrected chi connectivity index (χ0v) is 34.8. The van der Waals surface area contributed by atoms with Crippen LogP contribution < -0.4 is 0 Å². The molecule has 0 amide bonds. The van der Waals surface area contributed by atoms with E-state index in [0.29, 0.717) is 34.4 Å². The molecule has 0 atom stereocenters. The Morgan fingerprint density at radius 3 is 1.16 bits per heavy atom. The van der Waals surface area contributed by atoms with E-state index in [4.69, 9.17) is 24.9 Å². The van der Waals surface area contributed by atoms with Gasteiger partial charge in [-0.1, -0.05) is 126 Å². The third-order valence-corrected chi connectivity index (χ3v) is 13.1. The van der Waals surface area contributed by atoms with Gasteiger partial charge in [0.25, 0.3) is 0 Å². The molecule has 8 bridgehead atoms. The molecule has 0 unspecified atom stereocenters. The van der Waals surface area contributed by atoms with Crippen LogP contribution in [0.3, 0.4) is 0 Å². The average Bonchev–Trinajstić information content (AvgIpc) is 4.03. The first kappa shape index (κ1) is 35.1. The van der Waals surface area contributed by atoms with E-state index in [1.54, 1.807) is 0 Å². The number of hydrogen-bond acceptors (Lipinski definition) is 5. The topological polar surface area (TPSA) is 96.0 Å². The van der Waals surface area contributed by atoms with Crippen LogP contribution in [-0.2, 0) is 0 Å². The van der Waals surface area contributed by atoms with Gasteiger partial charge in [0.15, 0.2) is 17.5 Å². The Morgan fingerprint density at radius 2 is 0.688 bits per heavy atom. The van der Waals surface area contributed by atoms with Crippen LogP contribution in [0.2, 0.25) is 0 Å². The first-order valence-electron chi connectivity index (χ1n) is 21.6. The highest BCUT2D eigenvalue weighted by atomic mass is 15.0. The van der Waals surface area contributed by atoms with Gasteiger partial charge in [-0.15, -0.1) is 0 Å². The summed E-state index contributed by atoms with van der Waals surface area (Å²) in [7, 11) is 0. The number of aryl methyl sites for hydroxylation is 2. The standard InChI is InChI=1S/C57H35N7/c1-30-19-31(2)21-40(20-30)49-50-41-22-32-11-3-5-13-34(32)24-43(41)52(58-50)60-54-45-26-36-15-7-9-17-38(36)28-47(45)56(62-54)64-57-48-29-39-18-10-8-16-37(39)27-46(48)55(63-57)61-53-44-25-35-14-6-4-12-33(35)23-42(44)51(49)59-53/h3-29H,1-2H3,(H2,58,59,60,61,62,63,64). The molecule has 12 aromatic rings. The van der Waals surface area contributed by atoms with Crippen molar-refractivity contribution >= 4 is 87.1 Å². The largest absolute Gasteiger partial charge is 0.339 e. The summed E-state index contributed by atoms with van der Waals surface area (Å²) >= 11 is 0. The molecule has 7 nitrogen and oxygen atoms in total. The van der Waals surface area contributed by atoms with Crippen molar-refractivity contribution in [3.8, 4) is 56.5 Å². The van der Waals surface area contributed by atoms with E-state index in [1.165, 1.54) is 11.1 Å². The van der Waals surface area contributed by atoms with Gasteiger partial charge in [0.05, 0.1) is 11.2 Å². The molecular weight excluding hydrogens is 783 g/mol. The van der Waals surface area contributed by atoms with E-state index >= 15 is 0 Å². The van der Waals surface area contributed by atoms with Crippen LogP contribution in [0.1, 0.15) is 11.1 Å². The van der Waals surface area contributed by atoms with Crippen molar-refractivity contribution in [3.63, 3.8) is 0 Å². The molecule has 2 aliphatic heterocycles. The van der Waals surface area contributed by atoms with Gasteiger partial charge in [0.1, 0.15) is 16.9 Å². The molecule has 64 heavy (non-hydrogen) atoms. The van der Waals surface area contributed by atoms with E-state index in [0.717, 1.165) is 109 Å². The van der Waals surface area contributed by atoms with Crippen molar-refractivity contribution < 1.29 is 0 Å². The SMILES string of the molecule is Cc1cc(C)cc(-c2c3nc(nc4[nH]c(nc5nc(nc6[nH]c2c2cc7ccccc7cc62)-c2cc6ccccc6cc2-5)c2cc5ccccc5cc42)-c2cc4ccccc4cc2-3)c1. The summed E-state index contributed by atoms with van der Waals surface area (Å²) in [5.41, 5.74) is 12.1. The number of H-pyrrole nitrogens is 2. The van der Waals surface area contributed by atoms with Crippen LogP contribution in [0.5, 0.6) is 0 Å². The quantitative estimate of drug-likeness (QED) is 0.172. The maximum absolute atomic E-state index is 5.63. The zero-order valence-electron chi connectivity index (χ0n) is 34.8. The van der Waals surface area contributed by atoms with Gasteiger partial charge in [-0.2, -0.15) is 0 Å². The van der Waals surface area contributed by atoms with Crippen LogP contribution in [0.4, 0.5) is 0 Å². The van der Waals surface area contributed by atoms with Crippen LogP contribution >= 0.6 is 0 Å². The lowest BCUT2D eigenvalue weighted by Crippen LogP contribution is -1.89. The summed E-state index contributed by atoms with van der Waals surface area (Å²) in [6.07, 6.45) is 0. The van der Waals surface area contributed by atoms with Gasteiger partial charge >= 0.3 is 0 Å². The number of fused-ring (bicyclic) bond motifs is 24. The molecule has 2 N–H and O–H groups in total. The van der Waals surface area contributed by atoms with Crippen molar-refractivity contribution in [1.29, 1.82) is 0 Å². The molecule has 5 heterocycles. The normalized spacial score (nSPS) is 12.2. The molecular formula is C57H35N7. The van der Waals surface area contributed by atoms with Gasteiger partial charge in [-0.3, -0.25) is 0 Å². The van der Waals surface area contributed by atoms with E-state index in [9.17, 15) is 0 Å². The first-order chi connectivity index (χ1) is 31.5. The number of aromatic amines is 2. The lowest BCUT2D eigenvalue weighted by molar-refractivity contribution is 1.21. The van der Waals surface area contributed by atoms with Crippen molar-refractivity contribution in [2.75, 3.05) is 0 Å². The molecule has 0 aliphatic carbocycles. The van der Waals surface area contributed by atoms with Gasteiger partial charge < -0.3 is 9.97 Å². The number of hydrogen-bond donors (Lipinski definition) is 2. The fourth-order valence-electron chi connectivity index (χ4n) is 10.2. The van der Waals surface area contributed by atoms with Crippen molar-refractivity contribution in [1.82, 2.24) is 34.9 Å². The van der Waals surface area contributed by atoms with Crippen molar-refractivity contribution in [2.45, 2.75) is 13.8 Å². The van der Waals surface area contributed by atoms with Crippen LogP contribution in [0.25, 0.3) is 144 Å². The Labute approximate surface area is 365 Å². The first-order valence-corrected chi connectivity index (χ1v) is 21.6. The van der Waals surface area contributed by atoms with Gasteiger partial charge in [-0.05, 0) is 111 Å². The molecule has 7 heteroatoms. The number of nitrogens with zero attached hydrogens (tertiary/aromatic N) is 5. The summed E-state index contributed by atoms with van der Waals surface area (Å²) in [6.45, 7) is 4.32. The Bertz CT molecular complexity index is 4210. The molecule has 0 radical (unpaired) electrons. The highest BCUT2D eigenvalue weighted by molar-refractivity contribution is 6.18. The minimum atomic E-state index is 0.587. The summed E-state index contributed by atoms with van der Waals surface area (Å²) in [5, 5.41) is 12.9. The third-order valence-electron chi connectivity index (χ3n) is 13.1. The number of nitrogens with one attached hydrogen (secondary N) is 2. The van der Waals surface area contributed by atoms with Crippen LogP contribution in [0.15, 0.2) is 164 Å². The molecule has 0 saturated heterocycles. The molecule has 298 valence electrons. The predicted octanol–water partition coefficient (Wildman–Crippen LogP) is 14.4. The molecule has 3 aromatic heterocycles. The van der Waals surface area contributed by atoms with Gasteiger partial charge in [0.2, 0.25) is 0 Å². The molecule has 0 saturated carbocycles. The Hall–Kier alpha value is -8.55. The van der Waals surface area contributed by atoms with Gasteiger partial charge in [-0.25, -0.2) is 24.9 Å². The maximum Gasteiger partial charge on any atom is 0.164 e. The highest BCUT2D eigenvalue weighted by Crippen LogP contribution is 2.46. The number of rotatable bonds is 1. The highest BCUT2D eigenvalue weighted by Gasteiger charge is 2.26. The molecule has 0 fully saturated rings.